The minimum absolute atomic E-state index is 0.0602. The van der Waals surface area contributed by atoms with E-state index in [1.165, 1.54) is 0 Å². The summed E-state index contributed by atoms with van der Waals surface area (Å²) in [4.78, 5) is 7.82. The average Bonchev–Trinajstić information content (AvgIpc) is 2.65. The molecule has 8 atom stereocenters. The number of aliphatic hydroxyl groups is 4. The third-order valence-electron chi connectivity index (χ3n) is 4.23. The van der Waals surface area contributed by atoms with Gasteiger partial charge in [-0.15, -0.1) is 0 Å². The molecule has 0 spiro atoms. The number of azide groups is 3. The Hall–Kier alpha value is -2.73. The van der Waals surface area contributed by atoms with Crippen molar-refractivity contribution >= 4 is 0 Å². The van der Waals surface area contributed by atoms with E-state index in [2.05, 4.69) is 30.1 Å². The van der Waals surface area contributed by atoms with Gasteiger partial charge in [-0.1, -0.05) is 15.3 Å². The number of hydrogen-bond acceptors (Lipinski definition) is 9. The van der Waals surface area contributed by atoms with Crippen molar-refractivity contribution in [1.82, 2.24) is 0 Å². The Kier molecular flexibility index (Phi) is 7.07. The highest BCUT2D eigenvalue weighted by Crippen LogP contribution is 2.31. The Bertz CT molecular complexity index is 714. The summed E-state index contributed by atoms with van der Waals surface area (Å²) in [6, 6.07) is -3.38. The smallest absolute Gasteiger partial charge is 0.211 e. The molecule has 1 heterocycles. The monoisotopic (exact) mass is 383 g/mol. The SMILES string of the molecule is [N-]=[N+]=NC1C(O)C=C(CO)O[C@@H]1O[C@@H]1C(N=[N+]=[N-])C[C@@H](N=[N+]=[N-])[C@@H](O)C1O. The van der Waals surface area contributed by atoms with Gasteiger partial charge in [0.15, 0.2) is 0 Å². The fraction of sp³-hybridized carbons (Fsp3) is 0.833. The van der Waals surface area contributed by atoms with E-state index in [9.17, 15) is 20.4 Å². The molecule has 0 amide bonds. The summed E-state index contributed by atoms with van der Waals surface area (Å²) in [7, 11) is 0. The molecule has 0 radical (unpaired) electrons. The van der Waals surface area contributed by atoms with Crippen LogP contribution >= 0.6 is 0 Å². The van der Waals surface area contributed by atoms with Gasteiger partial charge in [0.25, 0.3) is 0 Å². The first-order valence-corrected chi connectivity index (χ1v) is 7.77. The van der Waals surface area contributed by atoms with Crippen LogP contribution in [0.1, 0.15) is 6.42 Å². The molecule has 146 valence electrons. The van der Waals surface area contributed by atoms with Gasteiger partial charge in [0.1, 0.15) is 24.5 Å². The highest BCUT2D eigenvalue weighted by atomic mass is 16.7. The molecule has 4 N–H and O–H groups in total. The number of ether oxygens (including phenoxy) is 2. The first-order chi connectivity index (χ1) is 13.0. The van der Waals surface area contributed by atoms with Gasteiger partial charge in [-0.2, -0.15) is 0 Å². The quantitative estimate of drug-likeness (QED) is 0.281. The standard InChI is InChI=1S/C12H17N9O6/c13-19-16-5-2-6(17-20-14)11(10(25)9(5)24)27-12-8(18-21-15)7(23)1-4(3-22)26-12/h1,5-12,22-25H,2-3H2/t5-,6?,7?,8?,9-,10?,11-,12-/m1/s1. The lowest BCUT2D eigenvalue weighted by Crippen LogP contribution is -2.58. The zero-order valence-electron chi connectivity index (χ0n) is 13.7. The molecule has 2 rings (SSSR count). The predicted octanol–water partition coefficient (Wildman–Crippen LogP) is 0.127. The van der Waals surface area contributed by atoms with Crippen LogP contribution in [0, 0.1) is 0 Å². The van der Waals surface area contributed by atoms with Crippen LogP contribution in [0.4, 0.5) is 0 Å². The van der Waals surface area contributed by atoms with Crippen molar-refractivity contribution in [2.75, 3.05) is 6.61 Å². The fourth-order valence-corrected chi connectivity index (χ4v) is 2.95. The fourth-order valence-electron chi connectivity index (χ4n) is 2.95. The highest BCUT2D eigenvalue weighted by molar-refractivity contribution is 5.08. The first kappa shape index (κ1) is 20.6. The third kappa shape index (κ3) is 4.52. The van der Waals surface area contributed by atoms with Gasteiger partial charge in [0.2, 0.25) is 6.29 Å². The van der Waals surface area contributed by atoms with E-state index >= 15 is 0 Å². The van der Waals surface area contributed by atoms with Crippen molar-refractivity contribution in [2.45, 2.75) is 55.3 Å². The second-order valence-corrected chi connectivity index (χ2v) is 5.83. The number of rotatable bonds is 6. The summed E-state index contributed by atoms with van der Waals surface area (Å²) in [6.07, 6.45) is -6.26. The summed E-state index contributed by atoms with van der Waals surface area (Å²) in [5, 5.41) is 49.9. The Labute approximate surface area is 151 Å². The molecule has 1 saturated carbocycles. The molecule has 0 bridgehead atoms. The van der Waals surface area contributed by atoms with Crippen LogP contribution in [-0.2, 0) is 9.47 Å². The summed E-state index contributed by atoms with van der Waals surface area (Å²) >= 11 is 0. The maximum atomic E-state index is 10.3. The zero-order chi connectivity index (χ0) is 20.0. The van der Waals surface area contributed by atoms with Crippen LogP contribution in [0.25, 0.3) is 31.3 Å². The highest BCUT2D eigenvalue weighted by Gasteiger charge is 2.47. The average molecular weight is 383 g/mol. The van der Waals surface area contributed by atoms with Crippen LogP contribution in [-0.4, -0.2) is 75.9 Å². The lowest BCUT2D eigenvalue weighted by molar-refractivity contribution is -0.225. The van der Waals surface area contributed by atoms with Crippen molar-refractivity contribution in [3.05, 3.63) is 43.2 Å². The summed E-state index contributed by atoms with van der Waals surface area (Å²) < 4.78 is 10.9. The van der Waals surface area contributed by atoms with Gasteiger partial charge in [0, 0.05) is 14.7 Å². The molecule has 15 nitrogen and oxygen atoms in total. The van der Waals surface area contributed by atoms with Crippen LogP contribution in [0.2, 0.25) is 0 Å². The van der Waals surface area contributed by atoms with E-state index in [0.717, 1.165) is 6.08 Å². The summed E-state index contributed by atoms with van der Waals surface area (Å²) in [5.41, 5.74) is 26.0. The van der Waals surface area contributed by atoms with Crippen molar-refractivity contribution < 1.29 is 29.9 Å². The molecule has 1 fully saturated rings. The summed E-state index contributed by atoms with van der Waals surface area (Å²) in [6.45, 7) is -0.575. The van der Waals surface area contributed by atoms with Crippen LogP contribution < -0.4 is 0 Å². The van der Waals surface area contributed by atoms with Crippen molar-refractivity contribution in [3.63, 3.8) is 0 Å². The lowest BCUT2D eigenvalue weighted by Gasteiger charge is -2.42. The van der Waals surface area contributed by atoms with Gasteiger partial charge in [-0.25, -0.2) is 0 Å². The van der Waals surface area contributed by atoms with E-state index in [-0.39, 0.29) is 12.2 Å². The zero-order valence-corrected chi connectivity index (χ0v) is 13.7. The molecular weight excluding hydrogens is 366 g/mol. The van der Waals surface area contributed by atoms with Crippen molar-refractivity contribution in [1.29, 1.82) is 0 Å². The predicted molar refractivity (Wildman–Crippen MR) is 86.4 cm³/mol. The van der Waals surface area contributed by atoms with Crippen LogP contribution in [0.15, 0.2) is 27.2 Å². The number of aliphatic hydroxyl groups excluding tert-OH is 4. The third-order valence-corrected chi connectivity index (χ3v) is 4.23. The molecule has 4 unspecified atom stereocenters. The minimum Gasteiger partial charge on any atom is -0.466 e. The van der Waals surface area contributed by atoms with Gasteiger partial charge < -0.3 is 29.9 Å². The van der Waals surface area contributed by atoms with E-state index in [1.54, 1.807) is 0 Å². The molecule has 2 aliphatic rings. The maximum absolute atomic E-state index is 10.3. The topological polar surface area (TPSA) is 246 Å². The lowest BCUT2D eigenvalue weighted by atomic mass is 9.84. The van der Waals surface area contributed by atoms with Gasteiger partial charge in [0.05, 0.1) is 30.4 Å². The van der Waals surface area contributed by atoms with Gasteiger partial charge in [-0.3, -0.25) is 0 Å². The van der Waals surface area contributed by atoms with E-state index in [1.807, 2.05) is 0 Å². The largest absolute Gasteiger partial charge is 0.466 e. The van der Waals surface area contributed by atoms with Crippen LogP contribution in [0.3, 0.4) is 0 Å². The minimum atomic E-state index is -1.64. The second-order valence-electron chi connectivity index (χ2n) is 5.83. The molecule has 27 heavy (non-hydrogen) atoms. The molecule has 0 aromatic carbocycles. The Balaban J connectivity index is 2.30. The normalized spacial score (nSPS) is 38.3. The molecule has 1 aliphatic carbocycles. The molecule has 0 aromatic rings. The first-order valence-electron chi connectivity index (χ1n) is 7.77. The molecule has 15 heteroatoms. The second kappa shape index (κ2) is 9.28. The molecular formula is C12H17N9O6. The van der Waals surface area contributed by atoms with E-state index < -0.39 is 55.4 Å². The Morgan fingerprint density at radius 2 is 1.67 bits per heavy atom. The van der Waals surface area contributed by atoms with Crippen molar-refractivity contribution in [2.24, 2.45) is 15.3 Å². The van der Waals surface area contributed by atoms with Gasteiger partial charge >= 0.3 is 0 Å². The molecule has 1 aliphatic heterocycles. The number of hydrogen-bond donors (Lipinski definition) is 4. The Morgan fingerprint density at radius 3 is 2.26 bits per heavy atom. The maximum Gasteiger partial charge on any atom is 0.211 e. The Morgan fingerprint density at radius 1 is 1.04 bits per heavy atom. The van der Waals surface area contributed by atoms with Crippen molar-refractivity contribution in [3.8, 4) is 0 Å². The molecule has 0 saturated heterocycles. The van der Waals surface area contributed by atoms with E-state index in [0.29, 0.717) is 0 Å². The molecule has 0 aromatic heterocycles. The van der Waals surface area contributed by atoms with E-state index in [4.69, 9.17) is 26.1 Å². The van der Waals surface area contributed by atoms with Crippen LogP contribution in [0.5, 0.6) is 0 Å². The number of nitrogens with zero attached hydrogens (tertiary/aromatic N) is 9. The summed E-state index contributed by atoms with van der Waals surface area (Å²) in [5.74, 6) is -0.0602. The van der Waals surface area contributed by atoms with Gasteiger partial charge in [-0.05, 0) is 29.1 Å².